The number of carbonyl (C=O) groups excluding carboxylic acids is 1. The molecular formula is C17H13F3N4O. The zero-order valence-corrected chi connectivity index (χ0v) is 13.1. The molecule has 1 amide bonds. The van der Waals surface area contributed by atoms with Gasteiger partial charge in [-0.2, -0.15) is 18.4 Å². The fourth-order valence-corrected chi connectivity index (χ4v) is 1.88. The topological polar surface area (TPSA) is 77.8 Å². The zero-order chi connectivity index (χ0) is 18.4. The van der Waals surface area contributed by atoms with E-state index in [2.05, 4.69) is 15.6 Å². The van der Waals surface area contributed by atoms with Crippen molar-refractivity contribution < 1.29 is 18.0 Å². The number of rotatable bonds is 4. The predicted octanol–water partition coefficient (Wildman–Crippen LogP) is 3.87. The molecule has 0 aliphatic heterocycles. The van der Waals surface area contributed by atoms with Crippen molar-refractivity contribution in [1.29, 1.82) is 5.26 Å². The van der Waals surface area contributed by atoms with Crippen molar-refractivity contribution in [3.63, 3.8) is 0 Å². The average molecular weight is 346 g/mol. The summed E-state index contributed by atoms with van der Waals surface area (Å²) in [4.78, 5) is 16.1. The van der Waals surface area contributed by atoms with Gasteiger partial charge in [-0.1, -0.05) is 18.2 Å². The quantitative estimate of drug-likeness (QED) is 0.651. The molecule has 0 atom stereocenters. The molecule has 0 bridgehead atoms. The minimum Gasteiger partial charge on any atom is -0.345 e. The van der Waals surface area contributed by atoms with Crippen molar-refractivity contribution in [3.05, 3.63) is 65.5 Å². The number of alkyl halides is 3. The number of benzene rings is 1. The first-order valence-electron chi connectivity index (χ1n) is 7.08. The second kappa shape index (κ2) is 7.49. The molecule has 2 rings (SSSR count). The van der Waals surface area contributed by atoms with Gasteiger partial charge in [0.05, 0.1) is 11.3 Å². The van der Waals surface area contributed by atoms with Crippen LogP contribution in [-0.2, 0) is 11.0 Å². The minimum absolute atomic E-state index is 0.389. The molecule has 0 saturated carbocycles. The molecule has 2 N–H and O–H groups in total. The van der Waals surface area contributed by atoms with Gasteiger partial charge < -0.3 is 10.6 Å². The molecule has 1 aromatic heterocycles. The van der Waals surface area contributed by atoms with E-state index in [0.717, 1.165) is 23.9 Å². The van der Waals surface area contributed by atoms with E-state index in [1.54, 1.807) is 24.4 Å². The van der Waals surface area contributed by atoms with Gasteiger partial charge in [0.1, 0.15) is 17.5 Å². The van der Waals surface area contributed by atoms with E-state index in [4.69, 9.17) is 5.26 Å². The van der Waals surface area contributed by atoms with Crippen LogP contribution >= 0.6 is 0 Å². The molecule has 1 aromatic carbocycles. The molecule has 2 aromatic rings. The van der Waals surface area contributed by atoms with Gasteiger partial charge in [-0.05, 0) is 30.7 Å². The Balaban J connectivity index is 2.17. The van der Waals surface area contributed by atoms with E-state index in [1.165, 1.54) is 12.1 Å². The molecule has 8 heteroatoms. The highest BCUT2D eigenvalue weighted by atomic mass is 19.4. The van der Waals surface area contributed by atoms with Crippen LogP contribution in [0.1, 0.15) is 11.1 Å². The minimum atomic E-state index is -4.62. The molecule has 0 saturated heterocycles. The Bertz CT molecular complexity index is 836. The summed E-state index contributed by atoms with van der Waals surface area (Å²) in [5.41, 5.74) is -0.876. The number of hydrogen-bond donors (Lipinski definition) is 2. The SMILES string of the molecule is Cc1ccc(N/C=C(/C#N)C(=O)Nc2ccccc2C(F)(F)F)nc1. The van der Waals surface area contributed by atoms with Crippen LogP contribution in [-0.4, -0.2) is 10.9 Å². The summed E-state index contributed by atoms with van der Waals surface area (Å²) in [6.07, 6.45) is -1.95. The number of anilines is 2. The monoisotopic (exact) mass is 346 g/mol. The van der Waals surface area contributed by atoms with Crippen LogP contribution in [0.5, 0.6) is 0 Å². The summed E-state index contributed by atoms with van der Waals surface area (Å²) in [7, 11) is 0. The molecule has 0 fully saturated rings. The predicted molar refractivity (Wildman–Crippen MR) is 86.4 cm³/mol. The van der Waals surface area contributed by atoms with Crippen molar-refractivity contribution in [2.75, 3.05) is 10.6 Å². The van der Waals surface area contributed by atoms with E-state index in [9.17, 15) is 18.0 Å². The summed E-state index contributed by atoms with van der Waals surface area (Å²) in [6.45, 7) is 1.85. The largest absolute Gasteiger partial charge is 0.418 e. The molecule has 0 aliphatic carbocycles. The standard InChI is InChI=1S/C17H13F3N4O/c1-11-6-7-15(22-9-11)23-10-12(8-21)16(25)24-14-5-3-2-4-13(14)17(18,19)20/h2-7,9-10H,1H3,(H,22,23)(H,24,25)/b12-10-. The van der Waals surface area contributed by atoms with Crippen molar-refractivity contribution in [2.24, 2.45) is 0 Å². The Morgan fingerprint density at radius 1 is 1.24 bits per heavy atom. The van der Waals surface area contributed by atoms with Gasteiger partial charge >= 0.3 is 6.18 Å². The summed E-state index contributed by atoms with van der Waals surface area (Å²) < 4.78 is 38.8. The molecule has 0 aliphatic rings. The van der Waals surface area contributed by atoms with Crippen molar-refractivity contribution in [3.8, 4) is 6.07 Å². The maximum atomic E-state index is 12.9. The van der Waals surface area contributed by atoms with Crippen LogP contribution in [0.2, 0.25) is 0 Å². The fourth-order valence-electron chi connectivity index (χ4n) is 1.88. The lowest BCUT2D eigenvalue weighted by Gasteiger charge is -2.13. The number of carbonyl (C=O) groups is 1. The summed E-state index contributed by atoms with van der Waals surface area (Å²) >= 11 is 0. The number of pyridine rings is 1. The van der Waals surface area contributed by atoms with Gasteiger partial charge in [0.15, 0.2) is 0 Å². The maximum absolute atomic E-state index is 12.9. The van der Waals surface area contributed by atoms with Gasteiger partial charge in [-0.25, -0.2) is 4.98 Å². The number of nitrogens with zero attached hydrogens (tertiary/aromatic N) is 2. The van der Waals surface area contributed by atoms with Crippen LogP contribution < -0.4 is 10.6 Å². The number of amides is 1. The Labute approximate surface area is 141 Å². The number of nitrogens with one attached hydrogen (secondary N) is 2. The Kier molecular flexibility index (Phi) is 5.39. The Morgan fingerprint density at radius 2 is 1.96 bits per heavy atom. The molecule has 0 unspecified atom stereocenters. The lowest BCUT2D eigenvalue weighted by molar-refractivity contribution is -0.137. The first-order chi connectivity index (χ1) is 11.8. The average Bonchev–Trinajstić information content (AvgIpc) is 2.56. The smallest absolute Gasteiger partial charge is 0.345 e. The van der Waals surface area contributed by atoms with E-state index in [-0.39, 0.29) is 5.57 Å². The molecule has 5 nitrogen and oxygen atoms in total. The molecule has 128 valence electrons. The molecule has 0 spiro atoms. The van der Waals surface area contributed by atoms with Crippen molar-refractivity contribution in [1.82, 2.24) is 4.98 Å². The lowest BCUT2D eigenvalue weighted by Crippen LogP contribution is -2.18. The van der Waals surface area contributed by atoms with Crippen molar-refractivity contribution in [2.45, 2.75) is 13.1 Å². The summed E-state index contributed by atoms with van der Waals surface area (Å²) in [5, 5.41) is 13.8. The first kappa shape index (κ1) is 18.0. The van der Waals surface area contributed by atoms with Gasteiger partial charge in [-0.3, -0.25) is 4.79 Å². The van der Waals surface area contributed by atoms with E-state index >= 15 is 0 Å². The van der Waals surface area contributed by atoms with Gasteiger partial charge in [-0.15, -0.1) is 0 Å². The van der Waals surface area contributed by atoms with Crippen LogP contribution in [0.4, 0.5) is 24.7 Å². The van der Waals surface area contributed by atoms with E-state index < -0.39 is 23.3 Å². The fraction of sp³-hybridized carbons (Fsp3) is 0.118. The normalized spacial score (nSPS) is 11.6. The second-order valence-electron chi connectivity index (χ2n) is 5.03. The molecule has 25 heavy (non-hydrogen) atoms. The summed E-state index contributed by atoms with van der Waals surface area (Å²) in [5.74, 6) is -0.569. The number of para-hydroxylation sites is 1. The molecule has 1 heterocycles. The van der Waals surface area contributed by atoms with E-state index in [1.807, 2.05) is 6.92 Å². The number of hydrogen-bond acceptors (Lipinski definition) is 4. The number of halogens is 3. The lowest BCUT2D eigenvalue weighted by atomic mass is 10.1. The highest BCUT2D eigenvalue weighted by molar-refractivity contribution is 6.07. The maximum Gasteiger partial charge on any atom is 0.418 e. The van der Waals surface area contributed by atoms with Crippen molar-refractivity contribution >= 4 is 17.4 Å². The highest BCUT2D eigenvalue weighted by Gasteiger charge is 2.33. The second-order valence-corrected chi connectivity index (χ2v) is 5.03. The van der Waals surface area contributed by atoms with Gasteiger partial charge in [0, 0.05) is 12.4 Å². The third-order valence-electron chi connectivity index (χ3n) is 3.12. The number of aryl methyl sites for hydroxylation is 1. The molecular weight excluding hydrogens is 333 g/mol. The number of aromatic nitrogens is 1. The van der Waals surface area contributed by atoms with Gasteiger partial charge in [0.25, 0.3) is 5.91 Å². The van der Waals surface area contributed by atoms with Crippen LogP contribution in [0.3, 0.4) is 0 Å². The Hall–Kier alpha value is -3.34. The first-order valence-corrected chi connectivity index (χ1v) is 7.08. The highest BCUT2D eigenvalue weighted by Crippen LogP contribution is 2.34. The van der Waals surface area contributed by atoms with E-state index in [0.29, 0.717) is 5.82 Å². The van der Waals surface area contributed by atoms with Crippen LogP contribution in [0.25, 0.3) is 0 Å². The third-order valence-corrected chi connectivity index (χ3v) is 3.12. The zero-order valence-electron chi connectivity index (χ0n) is 13.1. The Morgan fingerprint density at radius 3 is 2.56 bits per heavy atom. The van der Waals surface area contributed by atoms with Gasteiger partial charge in [0.2, 0.25) is 0 Å². The van der Waals surface area contributed by atoms with Crippen LogP contribution in [0.15, 0.2) is 54.4 Å². The molecule has 0 radical (unpaired) electrons. The summed E-state index contributed by atoms with van der Waals surface area (Å²) in [6, 6.07) is 9.58. The third kappa shape index (κ3) is 4.81. The van der Waals surface area contributed by atoms with Crippen LogP contribution in [0, 0.1) is 18.3 Å². The number of nitriles is 1.